The summed E-state index contributed by atoms with van der Waals surface area (Å²) in [7, 11) is 1.76. The molecule has 0 saturated heterocycles. The summed E-state index contributed by atoms with van der Waals surface area (Å²) in [6.07, 6.45) is 3.67. The first-order valence-electron chi connectivity index (χ1n) is 5.27. The van der Waals surface area contributed by atoms with Crippen molar-refractivity contribution < 1.29 is 4.74 Å². The third-order valence-electron chi connectivity index (χ3n) is 3.46. The number of rotatable bonds is 1. The van der Waals surface area contributed by atoms with Crippen molar-refractivity contribution in [1.82, 2.24) is 5.32 Å². The van der Waals surface area contributed by atoms with Crippen LogP contribution in [0.25, 0.3) is 0 Å². The van der Waals surface area contributed by atoms with Gasteiger partial charge in [0.05, 0.1) is 7.11 Å². The van der Waals surface area contributed by atoms with Crippen LogP contribution in [0.1, 0.15) is 24.0 Å². The summed E-state index contributed by atoms with van der Waals surface area (Å²) in [5.41, 5.74) is 3.22. The van der Waals surface area contributed by atoms with E-state index in [4.69, 9.17) is 4.74 Å². The Morgan fingerprint density at radius 1 is 1.36 bits per heavy atom. The maximum Gasteiger partial charge on any atom is 0.122 e. The molecule has 1 aliphatic heterocycles. The van der Waals surface area contributed by atoms with Crippen molar-refractivity contribution in [2.45, 2.75) is 24.8 Å². The van der Waals surface area contributed by atoms with Crippen molar-refractivity contribution in [2.75, 3.05) is 13.7 Å². The molecule has 0 bridgehead atoms. The number of ether oxygens (including phenoxy) is 1. The van der Waals surface area contributed by atoms with Crippen molar-refractivity contribution in [3.8, 4) is 5.75 Å². The second kappa shape index (κ2) is 2.74. The molecule has 0 unspecified atom stereocenters. The van der Waals surface area contributed by atoms with Gasteiger partial charge < -0.3 is 10.1 Å². The van der Waals surface area contributed by atoms with Crippen LogP contribution in [0.15, 0.2) is 18.2 Å². The highest BCUT2D eigenvalue weighted by molar-refractivity contribution is 5.48. The molecule has 1 fully saturated rings. The van der Waals surface area contributed by atoms with Crippen LogP contribution in [0, 0.1) is 0 Å². The fourth-order valence-corrected chi connectivity index (χ4v) is 2.56. The minimum Gasteiger partial charge on any atom is -0.496 e. The zero-order valence-electron chi connectivity index (χ0n) is 8.47. The van der Waals surface area contributed by atoms with Crippen molar-refractivity contribution in [3.05, 3.63) is 29.3 Å². The fourth-order valence-electron chi connectivity index (χ4n) is 2.56. The smallest absolute Gasteiger partial charge is 0.122 e. The molecule has 1 heterocycles. The van der Waals surface area contributed by atoms with Gasteiger partial charge in [0, 0.05) is 17.6 Å². The molecule has 0 atom stereocenters. The molecule has 1 saturated carbocycles. The summed E-state index contributed by atoms with van der Waals surface area (Å²) in [5, 5.41) is 3.62. The molecule has 2 aliphatic rings. The lowest BCUT2D eigenvalue weighted by Gasteiger charge is -2.28. The van der Waals surface area contributed by atoms with Crippen LogP contribution in [0.2, 0.25) is 0 Å². The summed E-state index contributed by atoms with van der Waals surface area (Å²) in [5.74, 6) is 1.07. The van der Waals surface area contributed by atoms with E-state index in [-0.39, 0.29) is 0 Å². The van der Waals surface area contributed by atoms with Crippen molar-refractivity contribution in [1.29, 1.82) is 0 Å². The third kappa shape index (κ3) is 1.01. The average Bonchev–Trinajstić information content (AvgIpc) is 2.99. The Labute approximate surface area is 84.3 Å². The Balaban J connectivity index is 2.15. The summed E-state index contributed by atoms with van der Waals surface area (Å²) in [6.45, 7) is 1.09. The van der Waals surface area contributed by atoms with Gasteiger partial charge in [-0.25, -0.2) is 0 Å². The van der Waals surface area contributed by atoms with Gasteiger partial charge in [0.15, 0.2) is 0 Å². The lowest BCUT2D eigenvalue weighted by atomic mass is 9.92. The van der Waals surface area contributed by atoms with E-state index in [1.54, 1.807) is 7.11 Å². The summed E-state index contributed by atoms with van der Waals surface area (Å²) in [4.78, 5) is 0. The quantitative estimate of drug-likeness (QED) is 0.727. The average molecular weight is 189 g/mol. The van der Waals surface area contributed by atoms with Crippen molar-refractivity contribution >= 4 is 0 Å². The molecule has 1 aromatic rings. The molecule has 3 rings (SSSR count). The van der Waals surface area contributed by atoms with Crippen LogP contribution in [0.3, 0.4) is 0 Å². The number of hydrogen-bond donors (Lipinski definition) is 1. The van der Waals surface area contributed by atoms with E-state index < -0.39 is 0 Å². The maximum atomic E-state index is 5.41. The molecule has 0 aromatic heterocycles. The highest BCUT2D eigenvalue weighted by Crippen LogP contribution is 2.49. The van der Waals surface area contributed by atoms with Gasteiger partial charge >= 0.3 is 0 Å². The second-order valence-corrected chi connectivity index (χ2v) is 4.25. The van der Waals surface area contributed by atoms with Gasteiger partial charge in [0.25, 0.3) is 0 Å². The standard InChI is InChI=1S/C12H15NO/c1-14-11-4-2-3-10-9(11)5-8-13-12(10)6-7-12/h2-4,13H,5-8H2,1H3. The second-order valence-electron chi connectivity index (χ2n) is 4.25. The number of methoxy groups -OCH3 is 1. The molecule has 2 nitrogen and oxygen atoms in total. The summed E-state index contributed by atoms with van der Waals surface area (Å²) < 4.78 is 5.41. The molecule has 1 aliphatic carbocycles. The first-order valence-corrected chi connectivity index (χ1v) is 5.27. The molecule has 14 heavy (non-hydrogen) atoms. The number of benzene rings is 1. The highest BCUT2D eigenvalue weighted by atomic mass is 16.5. The Kier molecular flexibility index (Phi) is 1.62. The van der Waals surface area contributed by atoms with E-state index in [2.05, 4.69) is 23.5 Å². The molecule has 2 heteroatoms. The maximum absolute atomic E-state index is 5.41. The molecule has 1 spiro atoms. The number of fused-ring (bicyclic) bond motifs is 2. The van der Waals surface area contributed by atoms with E-state index in [1.165, 1.54) is 24.0 Å². The Morgan fingerprint density at radius 3 is 2.93 bits per heavy atom. The molecular formula is C12H15NO. The largest absolute Gasteiger partial charge is 0.496 e. The van der Waals surface area contributed by atoms with Gasteiger partial charge in [-0.05, 0) is 30.9 Å². The summed E-state index contributed by atoms with van der Waals surface area (Å²) >= 11 is 0. The Hall–Kier alpha value is -1.02. The Bertz CT molecular complexity index is 369. The third-order valence-corrected chi connectivity index (χ3v) is 3.46. The van der Waals surface area contributed by atoms with E-state index in [0.29, 0.717) is 5.54 Å². The van der Waals surface area contributed by atoms with Gasteiger partial charge in [-0.3, -0.25) is 0 Å². The minimum atomic E-state index is 0.322. The molecule has 1 aromatic carbocycles. The SMILES string of the molecule is COc1cccc2c1CCNC21CC1. The lowest BCUT2D eigenvalue weighted by molar-refractivity contribution is 0.398. The van der Waals surface area contributed by atoms with Crippen LogP contribution in [0.4, 0.5) is 0 Å². The van der Waals surface area contributed by atoms with E-state index >= 15 is 0 Å². The first-order chi connectivity index (χ1) is 6.86. The molecule has 74 valence electrons. The van der Waals surface area contributed by atoms with E-state index in [9.17, 15) is 0 Å². The molecule has 0 radical (unpaired) electrons. The van der Waals surface area contributed by atoms with Gasteiger partial charge in [0.2, 0.25) is 0 Å². The predicted molar refractivity (Wildman–Crippen MR) is 55.6 cm³/mol. The predicted octanol–water partition coefficient (Wildman–Crippen LogP) is 1.83. The lowest BCUT2D eigenvalue weighted by Crippen LogP contribution is -2.36. The number of hydrogen-bond acceptors (Lipinski definition) is 2. The van der Waals surface area contributed by atoms with Crippen molar-refractivity contribution in [3.63, 3.8) is 0 Å². The monoisotopic (exact) mass is 189 g/mol. The first kappa shape index (κ1) is 8.30. The van der Waals surface area contributed by atoms with Gasteiger partial charge in [-0.1, -0.05) is 12.1 Å². The van der Waals surface area contributed by atoms with Gasteiger partial charge in [0.1, 0.15) is 5.75 Å². The van der Waals surface area contributed by atoms with Crippen molar-refractivity contribution in [2.24, 2.45) is 0 Å². The normalized spacial score (nSPS) is 21.8. The van der Waals surface area contributed by atoms with Crippen LogP contribution in [0.5, 0.6) is 5.75 Å². The van der Waals surface area contributed by atoms with Crippen LogP contribution in [-0.2, 0) is 12.0 Å². The van der Waals surface area contributed by atoms with E-state index in [0.717, 1.165) is 18.7 Å². The molecular weight excluding hydrogens is 174 g/mol. The molecule has 1 N–H and O–H groups in total. The summed E-state index contributed by atoms with van der Waals surface area (Å²) in [6, 6.07) is 6.42. The highest BCUT2D eigenvalue weighted by Gasteiger charge is 2.47. The van der Waals surface area contributed by atoms with Crippen LogP contribution >= 0.6 is 0 Å². The van der Waals surface area contributed by atoms with E-state index in [1.807, 2.05) is 0 Å². The fraction of sp³-hybridized carbons (Fsp3) is 0.500. The topological polar surface area (TPSA) is 21.3 Å². The zero-order valence-corrected chi connectivity index (χ0v) is 8.47. The molecule has 0 amide bonds. The van der Waals surface area contributed by atoms with Gasteiger partial charge in [-0.15, -0.1) is 0 Å². The minimum absolute atomic E-state index is 0.322. The van der Waals surface area contributed by atoms with Crippen LogP contribution in [-0.4, -0.2) is 13.7 Å². The van der Waals surface area contributed by atoms with Crippen LogP contribution < -0.4 is 10.1 Å². The Morgan fingerprint density at radius 2 is 2.21 bits per heavy atom. The number of nitrogens with one attached hydrogen (secondary N) is 1. The van der Waals surface area contributed by atoms with Gasteiger partial charge in [-0.2, -0.15) is 0 Å². The zero-order chi connectivity index (χ0) is 9.60.